The molecular weight excluding hydrogens is 468 g/mol. The third kappa shape index (κ3) is 6.30. The quantitative estimate of drug-likeness (QED) is 0.316. The first-order valence-electron chi connectivity index (χ1n) is 10.8. The second kappa shape index (κ2) is 11.6. The summed E-state index contributed by atoms with van der Waals surface area (Å²) in [6.07, 6.45) is 0.744. The lowest BCUT2D eigenvalue weighted by atomic mass is 10.1. The average molecular weight is 493 g/mol. The van der Waals surface area contributed by atoms with Crippen LogP contribution in [-0.4, -0.2) is 37.1 Å². The van der Waals surface area contributed by atoms with Crippen molar-refractivity contribution in [3.8, 4) is 26.9 Å². The Hall–Kier alpha value is -3.49. The van der Waals surface area contributed by atoms with Crippen LogP contribution in [0.25, 0.3) is 21.1 Å². The summed E-state index contributed by atoms with van der Waals surface area (Å²) in [4.78, 5) is 31.2. The molecule has 2 aromatic carbocycles. The van der Waals surface area contributed by atoms with Crippen molar-refractivity contribution >= 4 is 34.6 Å². The summed E-state index contributed by atoms with van der Waals surface area (Å²) < 4.78 is 10.4. The van der Waals surface area contributed by atoms with E-state index in [1.165, 1.54) is 11.3 Å². The number of thiazole rings is 1. The molecule has 0 fully saturated rings. The number of carbonyl (C=O) groups excluding carboxylic acids is 2. The summed E-state index contributed by atoms with van der Waals surface area (Å²) in [5, 5.41) is 5.61. The van der Waals surface area contributed by atoms with Gasteiger partial charge in [0.05, 0.1) is 24.1 Å². The molecule has 4 aromatic rings. The molecule has 0 saturated heterocycles. The van der Waals surface area contributed by atoms with Crippen molar-refractivity contribution < 1.29 is 19.1 Å². The molecule has 6 nitrogen and oxygen atoms in total. The van der Waals surface area contributed by atoms with Gasteiger partial charge in [-0.15, -0.1) is 22.7 Å². The van der Waals surface area contributed by atoms with E-state index in [0.29, 0.717) is 13.0 Å². The highest BCUT2D eigenvalue weighted by Crippen LogP contribution is 2.36. The smallest absolute Gasteiger partial charge is 0.311 e. The van der Waals surface area contributed by atoms with Crippen LogP contribution >= 0.6 is 22.7 Å². The number of ether oxygens (including phenoxy) is 2. The highest BCUT2D eigenvalue weighted by molar-refractivity contribution is 7.17. The van der Waals surface area contributed by atoms with Crippen LogP contribution in [0.3, 0.4) is 0 Å². The zero-order valence-electron chi connectivity index (χ0n) is 18.7. The minimum absolute atomic E-state index is 0.0663. The number of thiophene rings is 1. The van der Waals surface area contributed by atoms with E-state index in [2.05, 4.69) is 5.32 Å². The highest BCUT2D eigenvalue weighted by atomic mass is 32.1. The Morgan fingerprint density at radius 3 is 2.50 bits per heavy atom. The maximum absolute atomic E-state index is 12.5. The minimum atomic E-state index is -0.452. The van der Waals surface area contributed by atoms with Gasteiger partial charge in [-0.05, 0) is 35.6 Å². The molecule has 8 heteroatoms. The summed E-state index contributed by atoms with van der Waals surface area (Å²) in [5.74, 6) is 0.0137. The van der Waals surface area contributed by atoms with Gasteiger partial charge in [0.2, 0.25) is 0 Å². The molecule has 2 aromatic heterocycles. The molecule has 0 aliphatic heterocycles. The molecular formula is C26H24N2O4S2. The average Bonchev–Trinajstić information content (AvgIpc) is 3.54. The predicted molar refractivity (Wildman–Crippen MR) is 135 cm³/mol. The second-order valence-electron chi connectivity index (χ2n) is 7.42. The monoisotopic (exact) mass is 492 g/mol. The molecule has 0 saturated carbocycles. The predicted octanol–water partition coefficient (Wildman–Crippen LogP) is 4.99. The number of amides is 1. The Morgan fingerprint density at radius 1 is 1.00 bits per heavy atom. The maximum atomic E-state index is 12.5. The van der Waals surface area contributed by atoms with Crippen molar-refractivity contribution in [2.75, 3.05) is 20.3 Å². The molecule has 0 aliphatic rings. The van der Waals surface area contributed by atoms with Crippen molar-refractivity contribution in [2.45, 2.75) is 12.8 Å². The standard InChI is InChI=1S/C26H24N2O4S2/c1-31-20-11-9-18(10-12-20)13-14-27-23(29)17-32-24(30)16-22-25(21-8-5-15-33-21)28-26(34-22)19-6-3-2-4-7-19/h2-12,15H,13-14,16-17H2,1H3,(H,27,29). The molecule has 174 valence electrons. The minimum Gasteiger partial charge on any atom is -0.497 e. The fourth-order valence-electron chi connectivity index (χ4n) is 3.30. The topological polar surface area (TPSA) is 77.5 Å². The van der Waals surface area contributed by atoms with Gasteiger partial charge in [-0.2, -0.15) is 0 Å². The first-order valence-corrected chi connectivity index (χ1v) is 12.5. The van der Waals surface area contributed by atoms with E-state index in [1.54, 1.807) is 18.4 Å². The lowest BCUT2D eigenvalue weighted by molar-refractivity contribution is -0.147. The Labute approximate surface area is 206 Å². The van der Waals surface area contributed by atoms with Crippen LogP contribution in [0.15, 0.2) is 72.1 Å². The molecule has 0 spiro atoms. The number of benzene rings is 2. The third-order valence-electron chi connectivity index (χ3n) is 5.04. The summed E-state index contributed by atoms with van der Waals surface area (Å²) >= 11 is 3.05. The van der Waals surface area contributed by atoms with Crippen molar-refractivity contribution in [3.63, 3.8) is 0 Å². The van der Waals surface area contributed by atoms with E-state index in [1.807, 2.05) is 72.1 Å². The number of rotatable bonds is 10. The highest BCUT2D eigenvalue weighted by Gasteiger charge is 2.19. The number of nitrogens with one attached hydrogen (secondary N) is 1. The molecule has 1 amide bonds. The van der Waals surface area contributed by atoms with Gasteiger partial charge in [-0.25, -0.2) is 4.98 Å². The molecule has 0 aliphatic carbocycles. The molecule has 34 heavy (non-hydrogen) atoms. The van der Waals surface area contributed by atoms with Crippen molar-refractivity contribution in [1.29, 1.82) is 0 Å². The van der Waals surface area contributed by atoms with E-state index < -0.39 is 5.97 Å². The van der Waals surface area contributed by atoms with Gasteiger partial charge >= 0.3 is 5.97 Å². The molecule has 2 heterocycles. The van der Waals surface area contributed by atoms with E-state index in [0.717, 1.165) is 37.3 Å². The summed E-state index contributed by atoms with van der Waals surface area (Å²) in [7, 11) is 1.62. The van der Waals surface area contributed by atoms with Crippen LogP contribution in [-0.2, 0) is 27.2 Å². The van der Waals surface area contributed by atoms with Crippen molar-refractivity contribution in [1.82, 2.24) is 10.3 Å². The Kier molecular flexibility index (Phi) is 8.06. The van der Waals surface area contributed by atoms with Crippen LogP contribution in [0.2, 0.25) is 0 Å². The van der Waals surface area contributed by atoms with Crippen molar-refractivity contribution in [3.05, 3.63) is 82.6 Å². The summed E-state index contributed by atoms with van der Waals surface area (Å²) in [6, 6.07) is 21.5. The SMILES string of the molecule is COc1ccc(CCNC(=O)COC(=O)Cc2sc(-c3ccccc3)nc2-c2cccs2)cc1. The molecule has 1 N–H and O–H groups in total. The van der Waals surface area contributed by atoms with Gasteiger partial charge in [0, 0.05) is 17.0 Å². The molecule has 0 radical (unpaired) electrons. The lowest BCUT2D eigenvalue weighted by Crippen LogP contribution is -2.30. The summed E-state index contributed by atoms with van der Waals surface area (Å²) in [5.41, 5.74) is 2.87. The summed E-state index contributed by atoms with van der Waals surface area (Å²) in [6.45, 7) is 0.153. The Morgan fingerprint density at radius 2 is 1.79 bits per heavy atom. The van der Waals surface area contributed by atoms with Crippen LogP contribution in [0.5, 0.6) is 5.75 Å². The zero-order valence-corrected chi connectivity index (χ0v) is 20.3. The number of hydrogen-bond acceptors (Lipinski definition) is 7. The van der Waals surface area contributed by atoms with E-state index >= 15 is 0 Å². The second-order valence-corrected chi connectivity index (χ2v) is 9.45. The van der Waals surface area contributed by atoms with Crippen molar-refractivity contribution in [2.24, 2.45) is 0 Å². The first kappa shape index (κ1) is 23.7. The molecule has 4 rings (SSSR count). The molecule has 0 unspecified atom stereocenters. The zero-order chi connectivity index (χ0) is 23.8. The fourth-order valence-corrected chi connectivity index (χ4v) is 5.17. The third-order valence-corrected chi connectivity index (χ3v) is 7.02. The van der Waals surface area contributed by atoms with Gasteiger partial charge in [-0.3, -0.25) is 9.59 Å². The van der Waals surface area contributed by atoms with Gasteiger partial charge in [-0.1, -0.05) is 48.5 Å². The maximum Gasteiger partial charge on any atom is 0.311 e. The van der Waals surface area contributed by atoms with E-state index in [-0.39, 0.29) is 18.9 Å². The van der Waals surface area contributed by atoms with E-state index in [4.69, 9.17) is 14.5 Å². The number of esters is 1. The number of nitrogens with zero attached hydrogens (tertiary/aromatic N) is 1. The normalized spacial score (nSPS) is 10.6. The van der Waals surface area contributed by atoms with Crippen LogP contribution in [0.1, 0.15) is 10.4 Å². The molecule has 0 bridgehead atoms. The van der Waals surface area contributed by atoms with Crippen LogP contribution in [0, 0.1) is 0 Å². The number of carbonyl (C=O) groups is 2. The molecule has 0 atom stereocenters. The van der Waals surface area contributed by atoms with Gasteiger partial charge in [0.25, 0.3) is 5.91 Å². The lowest BCUT2D eigenvalue weighted by Gasteiger charge is -2.07. The largest absolute Gasteiger partial charge is 0.497 e. The van der Waals surface area contributed by atoms with Gasteiger partial charge in [0.15, 0.2) is 6.61 Å². The van der Waals surface area contributed by atoms with E-state index in [9.17, 15) is 9.59 Å². The Balaban J connectivity index is 1.30. The fraction of sp³-hybridized carbons (Fsp3) is 0.192. The Bertz CT molecular complexity index is 1220. The number of methoxy groups -OCH3 is 1. The van der Waals surface area contributed by atoms with Gasteiger partial charge < -0.3 is 14.8 Å². The number of aromatic nitrogens is 1. The van der Waals surface area contributed by atoms with Crippen LogP contribution < -0.4 is 10.1 Å². The number of hydrogen-bond donors (Lipinski definition) is 1. The van der Waals surface area contributed by atoms with Gasteiger partial charge in [0.1, 0.15) is 10.8 Å². The van der Waals surface area contributed by atoms with Crippen LogP contribution in [0.4, 0.5) is 0 Å². The first-order chi connectivity index (χ1) is 16.6.